The Hall–Kier alpha value is -1.26. The molecule has 3 nitrogen and oxygen atoms in total. The van der Waals surface area contributed by atoms with E-state index in [4.69, 9.17) is 0 Å². The van der Waals surface area contributed by atoms with Gasteiger partial charge in [0.1, 0.15) is 0 Å². The Balaban J connectivity index is 2.22. The van der Waals surface area contributed by atoms with Crippen LogP contribution in [0.25, 0.3) is 5.69 Å². The Labute approximate surface area is 125 Å². The molecule has 2 rings (SSSR count). The zero-order valence-corrected chi connectivity index (χ0v) is 13.1. The highest BCUT2D eigenvalue weighted by Gasteiger charge is 2.15. The van der Waals surface area contributed by atoms with E-state index >= 15 is 0 Å². The molecule has 1 heterocycles. The van der Waals surface area contributed by atoms with Gasteiger partial charge in [-0.15, -0.1) is 0 Å². The fourth-order valence-corrected chi connectivity index (χ4v) is 2.74. The van der Waals surface area contributed by atoms with E-state index in [2.05, 4.69) is 53.9 Å². The summed E-state index contributed by atoms with van der Waals surface area (Å²) in [6.45, 7) is 3.24. The molecule has 108 valence electrons. The number of hydrogen-bond acceptors (Lipinski definition) is 3. The average Bonchev–Trinajstić information content (AvgIpc) is 2.98. The summed E-state index contributed by atoms with van der Waals surface area (Å²) >= 11 is 1.89. The molecule has 2 aromatic rings. The molecular formula is C16H23N3S. The summed E-state index contributed by atoms with van der Waals surface area (Å²) in [4.78, 5) is 0. The van der Waals surface area contributed by atoms with Crippen LogP contribution in [0.1, 0.15) is 31.5 Å². The Morgan fingerprint density at radius 1 is 1.25 bits per heavy atom. The second kappa shape index (κ2) is 8.12. The zero-order chi connectivity index (χ0) is 14.2. The van der Waals surface area contributed by atoms with Crippen molar-refractivity contribution in [2.45, 2.75) is 25.8 Å². The first kappa shape index (κ1) is 15.1. The maximum absolute atomic E-state index is 4.49. The molecule has 1 atom stereocenters. The topological polar surface area (TPSA) is 29.9 Å². The van der Waals surface area contributed by atoms with Crippen LogP contribution in [0, 0.1) is 0 Å². The highest BCUT2D eigenvalue weighted by Crippen LogP contribution is 2.21. The number of aromatic nitrogens is 2. The van der Waals surface area contributed by atoms with Gasteiger partial charge in [-0.2, -0.15) is 16.9 Å². The highest BCUT2D eigenvalue weighted by molar-refractivity contribution is 7.98. The molecule has 0 spiro atoms. The van der Waals surface area contributed by atoms with E-state index in [0.717, 1.165) is 30.8 Å². The van der Waals surface area contributed by atoms with Crippen molar-refractivity contribution in [2.75, 3.05) is 18.6 Å². The molecule has 0 aliphatic heterocycles. The van der Waals surface area contributed by atoms with Gasteiger partial charge in [-0.3, -0.25) is 0 Å². The maximum atomic E-state index is 4.49. The monoisotopic (exact) mass is 289 g/mol. The largest absolute Gasteiger partial charge is 0.309 e. The van der Waals surface area contributed by atoms with Crippen LogP contribution >= 0.6 is 11.8 Å². The van der Waals surface area contributed by atoms with Gasteiger partial charge in [0.15, 0.2) is 0 Å². The molecule has 0 saturated heterocycles. The van der Waals surface area contributed by atoms with Crippen LogP contribution in [0.2, 0.25) is 0 Å². The lowest BCUT2D eigenvalue weighted by Gasteiger charge is -2.19. The van der Waals surface area contributed by atoms with Gasteiger partial charge in [-0.25, -0.2) is 4.68 Å². The standard InChI is InChI=1S/C16H23N3S/c1-3-11-17-15(10-13-20-2)16-9-12-18-19(16)14-7-5-4-6-8-14/h4-9,12,15,17H,3,10-11,13H2,1-2H3. The van der Waals surface area contributed by atoms with Crippen molar-refractivity contribution in [1.82, 2.24) is 15.1 Å². The minimum absolute atomic E-state index is 0.366. The molecule has 1 unspecified atom stereocenters. The molecule has 20 heavy (non-hydrogen) atoms. The third kappa shape index (κ3) is 3.87. The smallest absolute Gasteiger partial charge is 0.0649 e. The van der Waals surface area contributed by atoms with Crippen molar-refractivity contribution in [2.24, 2.45) is 0 Å². The van der Waals surface area contributed by atoms with Gasteiger partial charge >= 0.3 is 0 Å². The van der Waals surface area contributed by atoms with Gasteiger partial charge in [-0.05, 0) is 49.6 Å². The SMILES string of the molecule is CCCNC(CCSC)c1ccnn1-c1ccccc1. The molecule has 0 amide bonds. The van der Waals surface area contributed by atoms with Crippen molar-refractivity contribution >= 4 is 11.8 Å². The third-order valence-corrected chi connectivity index (χ3v) is 3.93. The summed E-state index contributed by atoms with van der Waals surface area (Å²) in [6.07, 6.45) is 6.32. The molecule has 1 N–H and O–H groups in total. The van der Waals surface area contributed by atoms with Crippen LogP contribution in [-0.2, 0) is 0 Å². The second-order valence-electron chi connectivity index (χ2n) is 4.79. The molecule has 4 heteroatoms. The summed E-state index contributed by atoms with van der Waals surface area (Å²) in [7, 11) is 0. The Morgan fingerprint density at radius 3 is 2.75 bits per heavy atom. The van der Waals surface area contributed by atoms with E-state index in [1.54, 1.807) is 0 Å². The number of nitrogens with one attached hydrogen (secondary N) is 1. The number of hydrogen-bond donors (Lipinski definition) is 1. The first-order chi connectivity index (χ1) is 9.86. The van der Waals surface area contributed by atoms with Crippen molar-refractivity contribution in [3.63, 3.8) is 0 Å². The number of benzene rings is 1. The van der Waals surface area contributed by atoms with E-state index in [1.165, 1.54) is 5.69 Å². The third-order valence-electron chi connectivity index (χ3n) is 3.28. The lowest BCUT2D eigenvalue weighted by atomic mass is 10.1. The van der Waals surface area contributed by atoms with Crippen molar-refractivity contribution in [3.05, 3.63) is 48.3 Å². The van der Waals surface area contributed by atoms with E-state index in [-0.39, 0.29) is 0 Å². The van der Waals surface area contributed by atoms with Gasteiger partial charge in [0.25, 0.3) is 0 Å². The van der Waals surface area contributed by atoms with Gasteiger partial charge in [0, 0.05) is 6.20 Å². The number of rotatable bonds is 8. The summed E-state index contributed by atoms with van der Waals surface area (Å²) in [5, 5.41) is 8.14. The van der Waals surface area contributed by atoms with E-state index in [9.17, 15) is 0 Å². The second-order valence-corrected chi connectivity index (χ2v) is 5.78. The lowest BCUT2D eigenvalue weighted by molar-refractivity contribution is 0.498. The van der Waals surface area contributed by atoms with Gasteiger partial charge in [0.05, 0.1) is 17.4 Å². The fourth-order valence-electron chi connectivity index (χ4n) is 2.27. The van der Waals surface area contributed by atoms with E-state index < -0.39 is 0 Å². The number of thioether (sulfide) groups is 1. The minimum Gasteiger partial charge on any atom is -0.309 e. The van der Waals surface area contributed by atoms with Crippen molar-refractivity contribution in [1.29, 1.82) is 0 Å². The highest BCUT2D eigenvalue weighted by atomic mass is 32.2. The van der Waals surface area contributed by atoms with Gasteiger partial charge in [0.2, 0.25) is 0 Å². The molecule has 0 fully saturated rings. The van der Waals surface area contributed by atoms with Crippen molar-refractivity contribution in [3.8, 4) is 5.69 Å². The predicted octanol–water partition coefficient (Wildman–Crippen LogP) is 3.67. The summed E-state index contributed by atoms with van der Waals surface area (Å²) in [5.41, 5.74) is 2.37. The maximum Gasteiger partial charge on any atom is 0.0649 e. The molecule has 0 aliphatic carbocycles. The summed E-state index contributed by atoms with van der Waals surface area (Å²) < 4.78 is 2.05. The molecule has 1 aromatic heterocycles. The molecule has 0 saturated carbocycles. The molecule has 0 radical (unpaired) electrons. The van der Waals surface area contributed by atoms with Crippen LogP contribution in [0.4, 0.5) is 0 Å². The quantitative estimate of drug-likeness (QED) is 0.804. The van der Waals surface area contributed by atoms with Crippen LogP contribution in [-0.4, -0.2) is 28.3 Å². The minimum atomic E-state index is 0.366. The normalized spacial score (nSPS) is 12.5. The van der Waals surface area contributed by atoms with Gasteiger partial charge in [-0.1, -0.05) is 25.1 Å². The Morgan fingerprint density at radius 2 is 2.05 bits per heavy atom. The van der Waals surface area contributed by atoms with Crippen LogP contribution in [0.5, 0.6) is 0 Å². The molecule has 0 aliphatic rings. The van der Waals surface area contributed by atoms with Gasteiger partial charge < -0.3 is 5.32 Å². The summed E-state index contributed by atoms with van der Waals surface area (Å²) in [6, 6.07) is 12.8. The van der Waals surface area contributed by atoms with Crippen LogP contribution in [0.15, 0.2) is 42.6 Å². The molecular weight excluding hydrogens is 266 g/mol. The lowest BCUT2D eigenvalue weighted by Crippen LogP contribution is -2.25. The van der Waals surface area contributed by atoms with E-state index in [1.807, 2.05) is 28.7 Å². The molecule has 0 bridgehead atoms. The van der Waals surface area contributed by atoms with Crippen LogP contribution < -0.4 is 5.32 Å². The Bertz CT molecular complexity index is 487. The zero-order valence-electron chi connectivity index (χ0n) is 12.2. The number of para-hydroxylation sites is 1. The first-order valence-corrected chi connectivity index (χ1v) is 8.58. The van der Waals surface area contributed by atoms with Crippen molar-refractivity contribution < 1.29 is 0 Å². The summed E-state index contributed by atoms with van der Waals surface area (Å²) in [5.74, 6) is 1.15. The van der Waals surface area contributed by atoms with Crippen LogP contribution in [0.3, 0.4) is 0 Å². The fraction of sp³-hybridized carbons (Fsp3) is 0.438. The Kier molecular flexibility index (Phi) is 6.15. The first-order valence-electron chi connectivity index (χ1n) is 7.18. The average molecular weight is 289 g/mol. The number of nitrogens with zero attached hydrogens (tertiary/aromatic N) is 2. The van der Waals surface area contributed by atoms with E-state index in [0.29, 0.717) is 6.04 Å². The predicted molar refractivity (Wildman–Crippen MR) is 87.6 cm³/mol. The molecule has 1 aromatic carbocycles.